The third-order valence-electron chi connectivity index (χ3n) is 3.65. The summed E-state index contributed by atoms with van der Waals surface area (Å²) >= 11 is 0. The van der Waals surface area contributed by atoms with Gasteiger partial charge in [0, 0.05) is 23.8 Å². The van der Waals surface area contributed by atoms with Gasteiger partial charge in [-0.2, -0.15) is 0 Å². The van der Waals surface area contributed by atoms with Crippen molar-refractivity contribution >= 4 is 10.8 Å². The first kappa shape index (κ1) is 11.7. The van der Waals surface area contributed by atoms with Crippen molar-refractivity contribution in [1.29, 1.82) is 0 Å². The molecule has 1 atom stereocenters. The highest BCUT2D eigenvalue weighted by molar-refractivity contribution is 5.84. The first-order valence-electron chi connectivity index (χ1n) is 6.88. The number of fused-ring (bicyclic) bond motifs is 1. The Labute approximate surface area is 108 Å². The Hall–Kier alpha value is -1.41. The second kappa shape index (κ2) is 5.07. The van der Waals surface area contributed by atoms with Crippen molar-refractivity contribution in [2.24, 2.45) is 5.92 Å². The first-order valence-corrected chi connectivity index (χ1v) is 6.88. The van der Waals surface area contributed by atoms with Crippen LogP contribution in [0.25, 0.3) is 10.8 Å². The maximum atomic E-state index is 4.35. The minimum Gasteiger partial charge on any atom is -0.314 e. The molecule has 2 aromatic rings. The van der Waals surface area contributed by atoms with Gasteiger partial charge in [0.05, 0.1) is 0 Å². The van der Waals surface area contributed by atoms with E-state index in [2.05, 4.69) is 41.5 Å². The van der Waals surface area contributed by atoms with Crippen LogP contribution in [-0.2, 0) is 6.42 Å². The Balaban J connectivity index is 1.72. The summed E-state index contributed by atoms with van der Waals surface area (Å²) in [7, 11) is 0. The maximum absolute atomic E-state index is 4.35. The van der Waals surface area contributed by atoms with Crippen LogP contribution in [0.2, 0.25) is 0 Å². The summed E-state index contributed by atoms with van der Waals surface area (Å²) in [6.45, 7) is 3.44. The van der Waals surface area contributed by atoms with Crippen LogP contribution in [0.5, 0.6) is 0 Å². The van der Waals surface area contributed by atoms with E-state index in [1.807, 2.05) is 12.4 Å². The zero-order chi connectivity index (χ0) is 12.4. The fourth-order valence-electron chi connectivity index (χ4n) is 2.44. The monoisotopic (exact) mass is 240 g/mol. The van der Waals surface area contributed by atoms with Crippen LogP contribution >= 0.6 is 0 Å². The number of rotatable bonds is 5. The molecule has 0 aliphatic heterocycles. The molecule has 1 heterocycles. The predicted molar refractivity (Wildman–Crippen MR) is 75.6 cm³/mol. The van der Waals surface area contributed by atoms with Gasteiger partial charge >= 0.3 is 0 Å². The molecule has 0 saturated heterocycles. The van der Waals surface area contributed by atoms with Crippen molar-refractivity contribution in [3.8, 4) is 0 Å². The normalized spacial score (nSPS) is 16.9. The lowest BCUT2D eigenvalue weighted by Gasteiger charge is -2.13. The Morgan fingerprint density at radius 2 is 2.11 bits per heavy atom. The van der Waals surface area contributed by atoms with Gasteiger partial charge in [-0.15, -0.1) is 0 Å². The first-order chi connectivity index (χ1) is 8.83. The van der Waals surface area contributed by atoms with Crippen LogP contribution < -0.4 is 5.32 Å². The standard InChI is InChI=1S/C16H20N2/c1-12(9-18-15-6-7-15)8-14-11-17-10-13-4-2-3-5-16(13)14/h2-5,10-12,15,18H,6-9H2,1H3. The molecule has 94 valence electrons. The van der Waals surface area contributed by atoms with Crippen LogP contribution in [0.4, 0.5) is 0 Å². The third kappa shape index (κ3) is 2.70. The molecule has 1 aromatic carbocycles. The van der Waals surface area contributed by atoms with Gasteiger partial charge in [0.2, 0.25) is 0 Å². The van der Waals surface area contributed by atoms with E-state index < -0.39 is 0 Å². The quantitative estimate of drug-likeness (QED) is 0.868. The van der Waals surface area contributed by atoms with Crippen LogP contribution in [0.15, 0.2) is 36.7 Å². The van der Waals surface area contributed by atoms with E-state index in [4.69, 9.17) is 0 Å². The van der Waals surface area contributed by atoms with E-state index in [1.165, 1.54) is 29.2 Å². The summed E-state index contributed by atoms with van der Waals surface area (Å²) in [4.78, 5) is 4.35. The summed E-state index contributed by atoms with van der Waals surface area (Å²) in [6.07, 6.45) is 7.81. The molecule has 0 amide bonds. The maximum Gasteiger partial charge on any atom is 0.0346 e. The zero-order valence-corrected chi connectivity index (χ0v) is 10.9. The minimum atomic E-state index is 0.665. The van der Waals surface area contributed by atoms with Gasteiger partial charge in [-0.1, -0.05) is 31.2 Å². The molecule has 2 heteroatoms. The number of nitrogens with zero attached hydrogens (tertiary/aromatic N) is 1. The average molecular weight is 240 g/mol. The summed E-state index contributed by atoms with van der Waals surface area (Å²) in [5, 5.41) is 6.20. The number of hydrogen-bond donors (Lipinski definition) is 1. The van der Waals surface area contributed by atoms with Crippen molar-refractivity contribution in [3.63, 3.8) is 0 Å². The van der Waals surface area contributed by atoms with Gasteiger partial charge in [0.15, 0.2) is 0 Å². The van der Waals surface area contributed by atoms with E-state index in [0.717, 1.165) is 19.0 Å². The fraction of sp³-hybridized carbons (Fsp3) is 0.438. The molecule has 1 saturated carbocycles. The highest BCUT2D eigenvalue weighted by Gasteiger charge is 2.20. The van der Waals surface area contributed by atoms with E-state index in [1.54, 1.807) is 0 Å². The number of pyridine rings is 1. The fourth-order valence-corrected chi connectivity index (χ4v) is 2.44. The third-order valence-corrected chi connectivity index (χ3v) is 3.65. The molecule has 0 radical (unpaired) electrons. The molecule has 1 N–H and O–H groups in total. The van der Waals surface area contributed by atoms with Gasteiger partial charge in [0.1, 0.15) is 0 Å². The summed E-state index contributed by atoms with van der Waals surface area (Å²) in [5.74, 6) is 0.665. The molecule has 1 aliphatic carbocycles. The van der Waals surface area contributed by atoms with Crippen LogP contribution in [0, 0.1) is 5.92 Å². The van der Waals surface area contributed by atoms with Gasteiger partial charge in [0.25, 0.3) is 0 Å². The van der Waals surface area contributed by atoms with Crippen molar-refractivity contribution in [2.45, 2.75) is 32.2 Å². The molecule has 2 nitrogen and oxygen atoms in total. The summed E-state index contributed by atoms with van der Waals surface area (Å²) < 4.78 is 0. The molecule has 18 heavy (non-hydrogen) atoms. The molecule has 1 aromatic heterocycles. The topological polar surface area (TPSA) is 24.9 Å². The number of hydrogen-bond acceptors (Lipinski definition) is 2. The summed E-state index contributed by atoms with van der Waals surface area (Å²) in [6, 6.07) is 9.33. The predicted octanol–water partition coefficient (Wildman–Crippen LogP) is 3.17. The minimum absolute atomic E-state index is 0.665. The second-order valence-corrected chi connectivity index (χ2v) is 5.51. The number of benzene rings is 1. The van der Waals surface area contributed by atoms with Crippen molar-refractivity contribution in [1.82, 2.24) is 10.3 Å². The number of nitrogens with one attached hydrogen (secondary N) is 1. The Morgan fingerprint density at radius 3 is 2.94 bits per heavy atom. The van der Waals surface area contributed by atoms with E-state index in [-0.39, 0.29) is 0 Å². The molecule has 1 unspecified atom stereocenters. The molecular formula is C16H20N2. The molecule has 3 rings (SSSR count). The van der Waals surface area contributed by atoms with Gasteiger partial charge < -0.3 is 5.32 Å². The van der Waals surface area contributed by atoms with Gasteiger partial charge in [-0.3, -0.25) is 4.98 Å². The average Bonchev–Trinajstić information content (AvgIpc) is 3.21. The molecule has 0 spiro atoms. The van der Waals surface area contributed by atoms with E-state index in [0.29, 0.717) is 5.92 Å². The second-order valence-electron chi connectivity index (χ2n) is 5.51. The van der Waals surface area contributed by atoms with Gasteiger partial charge in [-0.05, 0) is 42.7 Å². The molecular weight excluding hydrogens is 220 g/mol. The van der Waals surface area contributed by atoms with Crippen molar-refractivity contribution in [3.05, 3.63) is 42.2 Å². The molecule has 0 bridgehead atoms. The van der Waals surface area contributed by atoms with Crippen LogP contribution in [0.1, 0.15) is 25.3 Å². The van der Waals surface area contributed by atoms with E-state index >= 15 is 0 Å². The highest BCUT2D eigenvalue weighted by atomic mass is 14.9. The molecule has 1 aliphatic rings. The van der Waals surface area contributed by atoms with Crippen LogP contribution in [0.3, 0.4) is 0 Å². The number of aromatic nitrogens is 1. The largest absolute Gasteiger partial charge is 0.314 e. The zero-order valence-electron chi connectivity index (χ0n) is 10.9. The van der Waals surface area contributed by atoms with Crippen LogP contribution in [-0.4, -0.2) is 17.6 Å². The van der Waals surface area contributed by atoms with Gasteiger partial charge in [-0.25, -0.2) is 0 Å². The SMILES string of the molecule is CC(CNC1CC1)Cc1cncc2ccccc12. The smallest absolute Gasteiger partial charge is 0.0346 e. The Bertz CT molecular complexity index is 526. The lowest BCUT2D eigenvalue weighted by atomic mass is 9.98. The highest BCUT2D eigenvalue weighted by Crippen LogP contribution is 2.21. The van der Waals surface area contributed by atoms with E-state index in [9.17, 15) is 0 Å². The molecule has 1 fully saturated rings. The lowest BCUT2D eigenvalue weighted by molar-refractivity contribution is 0.510. The Morgan fingerprint density at radius 1 is 1.28 bits per heavy atom. The lowest BCUT2D eigenvalue weighted by Crippen LogP contribution is -2.24. The summed E-state index contributed by atoms with van der Waals surface area (Å²) in [5.41, 5.74) is 1.37. The van der Waals surface area contributed by atoms with Crippen molar-refractivity contribution < 1.29 is 0 Å². The van der Waals surface area contributed by atoms with Crippen molar-refractivity contribution in [2.75, 3.05) is 6.54 Å². The Kier molecular flexibility index (Phi) is 3.28.